The summed E-state index contributed by atoms with van der Waals surface area (Å²) < 4.78 is 0. The largest absolute Gasteiger partial charge is 0.310 e. The molecule has 0 fully saturated rings. The third kappa shape index (κ3) is 6.88. The maximum atomic E-state index is 5.47. The Morgan fingerprint density at radius 1 is 0.279 bits per heavy atom. The van der Waals surface area contributed by atoms with Crippen LogP contribution in [0.5, 0.6) is 0 Å². The summed E-state index contributed by atoms with van der Waals surface area (Å²) in [6.07, 6.45) is 0. The number of hydrogen-bond donors (Lipinski definition) is 0. The van der Waals surface area contributed by atoms with Crippen molar-refractivity contribution < 1.29 is 0 Å². The van der Waals surface area contributed by atoms with Crippen molar-refractivity contribution in [3.8, 4) is 55.9 Å². The molecular weight excluding hydrogens is 739 g/mol. The molecule has 0 saturated heterocycles. The molecule has 3 nitrogen and oxygen atoms in total. The SMILES string of the molecule is c1ccc(-c2cc(-c3ccccc3)cc(N(c3ccccc3)c3ccc(-c4ccc5ccc6ccc7nc(-c8ccccc8)c(-c8ccccc8)nc7c6c5c4)cc3)c2)cc1. The van der Waals surface area contributed by atoms with Crippen molar-refractivity contribution in [3.63, 3.8) is 0 Å². The molecule has 11 rings (SSSR count). The minimum Gasteiger partial charge on any atom is -0.310 e. The van der Waals surface area contributed by atoms with Gasteiger partial charge in [-0.25, -0.2) is 9.97 Å². The quantitative estimate of drug-likeness (QED) is 0.144. The van der Waals surface area contributed by atoms with Gasteiger partial charge in [0.15, 0.2) is 0 Å². The first-order chi connectivity index (χ1) is 30.2. The second kappa shape index (κ2) is 15.6. The van der Waals surface area contributed by atoms with Crippen LogP contribution in [0.25, 0.3) is 88.5 Å². The van der Waals surface area contributed by atoms with Gasteiger partial charge in [0.2, 0.25) is 0 Å². The van der Waals surface area contributed by atoms with Gasteiger partial charge in [-0.15, -0.1) is 0 Å². The summed E-state index contributed by atoms with van der Waals surface area (Å²) >= 11 is 0. The van der Waals surface area contributed by atoms with Gasteiger partial charge in [0, 0.05) is 33.6 Å². The van der Waals surface area contributed by atoms with Crippen LogP contribution in [-0.2, 0) is 0 Å². The molecule has 0 aliphatic heterocycles. The van der Waals surface area contributed by atoms with Crippen LogP contribution < -0.4 is 4.90 Å². The molecule has 0 aliphatic rings. The molecule has 0 amide bonds. The molecule has 10 aromatic carbocycles. The minimum atomic E-state index is 0.876. The molecule has 0 radical (unpaired) electrons. The fourth-order valence-electron chi connectivity index (χ4n) is 8.59. The van der Waals surface area contributed by atoms with Crippen molar-refractivity contribution in [2.75, 3.05) is 4.90 Å². The van der Waals surface area contributed by atoms with Crippen molar-refractivity contribution >= 4 is 49.6 Å². The first kappa shape index (κ1) is 36.0. The maximum absolute atomic E-state index is 5.47. The molecule has 3 heteroatoms. The number of anilines is 3. The zero-order valence-electron chi connectivity index (χ0n) is 33.4. The zero-order valence-corrected chi connectivity index (χ0v) is 33.4. The van der Waals surface area contributed by atoms with E-state index in [1.165, 1.54) is 27.6 Å². The molecule has 0 aliphatic carbocycles. The molecule has 0 N–H and O–H groups in total. The van der Waals surface area contributed by atoms with Gasteiger partial charge in [-0.05, 0) is 104 Å². The standard InChI is InChI=1S/C58H39N3/c1-6-16-40(17-7-1)48-36-49(41-18-8-2-9-19-41)38-52(37-48)61(50-24-14-5-15-25-50)51-33-30-42(31-34-51)47-29-27-43-26-28-44-32-35-54-58(55(44)53(43)39-47)60-57(46-22-12-4-13-23-46)56(59-54)45-20-10-3-11-21-45/h1-39H. The summed E-state index contributed by atoms with van der Waals surface area (Å²) in [5.74, 6) is 0. The Bertz CT molecular complexity index is 3260. The number of para-hydroxylation sites is 1. The number of nitrogens with zero attached hydrogens (tertiary/aromatic N) is 3. The second-order valence-electron chi connectivity index (χ2n) is 15.4. The molecule has 0 spiro atoms. The summed E-state index contributed by atoms with van der Waals surface area (Å²) in [5, 5.41) is 4.57. The van der Waals surface area contributed by atoms with E-state index in [-0.39, 0.29) is 0 Å². The lowest BCUT2D eigenvalue weighted by molar-refractivity contribution is 1.28. The molecule has 61 heavy (non-hydrogen) atoms. The highest BCUT2D eigenvalue weighted by Gasteiger charge is 2.18. The topological polar surface area (TPSA) is 29.0 Å². The third-order valence-electron chi connectivity index (χ3n) is 11.6. The van der Waals surface area contributed by atoms with Crippen LogP contribution in [0, 0.1) is 0 Å². The fourth-order valence-corrected chi connectivity index (χ4v) is 8.59. The van der Waals surface area contributed by atoms with Crippen LogP contribution in [0.3, 0.4) is 0 Å². The molecule has 0 saturated carbocycles. The van der Waals surface area contributed by atoms with Crippen LogP contribution in [0.1, 0.15) is 0 Å². The summed E-state index contributed by atoms with van der Waals surface area (Å²) in [5.41, 5.74) is 15.9. The van der Waals surface area contributed by atoms with Crippen molar-refractivity contribution in [3.05, 3.63) is 237 Å². The summed E-state index contributed by atoms with van der Waals surface area (Å²) in [6, 6.07) is 84.1. The van der Waals surface area contributed by atoms with E-state index < -0.39 is 0 Å². The lowest BCUT2D eigenvalue weighted by Crippen LogP contribution is -2.10. The average molecular weight is 778 g/mol. The summed E-state index contributed by atoms with van der Waals surface area (Å²) in [6.45, 7) is 0. The smallest absolute Gasteiger partial charge is 0.0979 e. The van der Waals surface area contributed by atoms with E-state index in [4.69, 9.17) is 9.97 Å². The highest BCUT2D eigenvalue weighted by Crippen LogP contribution is 2.41. The first-order valence-corrected chi connectivity index (χ1v) is 20.7. The van der Waals surface area contributed by atoms with E-state index in [1.807, 2.05) is 12.1 Å². The lowest BCUT2D eigenvalue weighted by Gasteiger charge is -2.27. The van der Waals surface area contributed by atoms with Gasteiger partial charge in [0.1, 0.15) is 0 Å². The number of hydrogen-bond acceptors (Lipinski definition) is 3. The highest BCUT2D eigenvalue weighted by molar-refractivity contribution is 6.19. The van der Waals surface area contributed by atoms with Crippen molar-refractivity contribution in [2.24, 2.45) is 0 Å². The van der Waals surface area contributed by atoms with Crippen LogP contribution in [-0.4, -0.2) is 9.97 Å². The average Bonchev–Trinajstić information content (AvgIpc) is 3.35. The molecule has 0 unspecified atom stereocenters. The van der Waals surface area contributed by atoms with Gasteiger partial charge in [-0.1, -0.05) is 182 Å². The molecule has 0 atom stereocenters. The van der Waals surface area contributed by atoms with Gasteiger partial charge < -0.3 is 4.90 Å². The Balaban J connectivity index is 1.04. The van der Waals surface area contributed by atoms with Gasteiger partial charge in [0.25, 0.3) is 0 Å². The fraction of sp³-hybridized carbons (Fsp3) is 0. The predicted octanol–water partition coefficient (Wildman–Crippen LogP) is 15.7. The third-order valence-corrected chi connectivity index (χ3v) is 11.6. The minimum absolute atomic E-state index is 0.876. The molecule has 286 valence electrons. The Morgan fingerprint density at radius 2 is 0.721 bits per heavy atom. The molecular formula is C58H39N3. The second-order valence-corrected chi connectivity index (χ2v) is 15.4. The number of rotatable bonds is 8. The Labute approximate surface area is 355 Å². The molecule has 0 bridgehead atoms. The molecule has 1 heterocycles. The highest BCUT2D eigenvalue weighted by atomic mass is 15.1. The van der Waals surface area contributed by atoms with Crippen LogP contribution >= 0.6 is 0 Å². The van der Waals surface area contributed by atoms with E-state index >= 15 is 0 Å². The maximum Gasteiger partial charge on any atom is 0.0979 e. The number of fused-ring (bicyclic) bond motifs is 5. The summed E-state index contributed by atoms with van der Waals surface area (Å²) in [7, 11) is 0. The Morgan fingerprint density at radius 3 is 1.31 bits per heavy atom. The van der Waals surface area contributed by atoms with E-state index in [1.54, 1.807) is 0 Å². The van der Waals surface area contributed by atoms with E-state index in [0.29, 0.717) is 0 Å². The van der Waals surface area contributed by atoms with Gasteiger partial charge >= 0.3 is 0 Å². The lowest BCUT2D eigenvalue weighted by atomic mass is 9.95. The number of benzene rings is 10. The van der Waals surface area contributed by atoms with Crippen LogP contribution in [0.2, 0.25) is 0 Å². The number of aromatic nitrogens is 2. The van der Waals surface area contributed by atoms with Crippen LogP contribution in [0.15, 0.2) is 237 Å². The van der Waals surface area contributed by atoms with Crippen molar-refractivity contribution in [1.29, 1.82) is 0 Å². The molecule has 11 aromatic rings. The van der Waals surface area contributed by atoms with Gasteiger partial charge in [-0.2, -0.15) is 0 Å². The van der Waals surface area contributed by atoms with Gasteiger partial charge in [0.05, 0.1) is 22.4 Å². The normalized spacial score (nSPS) is 11.3. The Kier molecular flexibility index (Phi) is 9.18. The van der Waals surface area contributed by atoms with Crippen LogP contribution in [0.4, 0.5) is 17.1 Å². The van der Waals surface area contributed by atoms with E-state index in [9.17, 15) is 0 Å². The first-order valence-electron chi connectivity index (χ1n) is 20.7. The zero-order chi connectivity index (χ0) is 40.5. The Hall–Kier alpha value is -8.14. The van der Waals surface area contributed by atoms with Crippen molar-refractivity contribution in [2.45, 2.75) is 0 Å². The van der Waals surface area contributed by atoms with E-state index in [2.05, 4.69) is 229 Å². The van der Waals surface area contributed by atoms with Crippen molar-refractivity contribution in [1.82, 2.24) is 9.97 Å². The van der Waals surface area contributed by atoms with E-state index in [0.717, 1.165) is 77.9 Å². The monoisotopic (exact) mass is 777 g/mol. The predicted molar refractivity (Wildman–Crippen MR) is 256 cm³/mol. The molecule has 1 aromatic heterocycles. The summed E-state index contributed by atoms with van der Waals surface area (Å²) in [4.78, 5) is 13.1. The van der Waals surface area contributed by atoms with Gasteiger partial charge in [-0.3, -0.25) is 0 Å².